The molecule has 19 heavy (non-hydrogen) atoms. The van der Waals surface area contributed by atoms with E-state index < -0.39 is 0 Å². The molecule has 6 heteroatoms. The second-order valence-electron chi connectivity index (χ2n) is 4.19. The quantitative estimate of drug-likeness (QED) is 0.726. The molecule has 0 saturated heterocycles. The van der Waals surface area contributed by atoms with Crippen LogP contribution in [0.2, 0.25) is 0 Å². The zero-order valence-corrected chi connectivity index (χ0v) is 10.2. The Balaban J connectivity index is 2.09. The van der Waals surface area contributed by atoms with E-state index in [1.165, 1.54) is 6.33 Å². The number of nitrogen functional groups attached to an aromatic ring is 1. The Bertz CT molecular complexity index is 705. The Labute approximate surface area is 109 Å². The highest BCUT2D eigenvalue weighted by Crippen LogP contribution is 2.20. The van der Waals surface area contributed by atoms with Crippen molar-refractivity contribution >= 4 is 17.0 Å². The van der Waals surface area contributed by atoms with Gasteiger partial charge < -0.3 is 10.8 Å². The number of nitrogens with two attached hydrogens (primary N) is 1. The summed E-state index contributed by atoms with van der Waals surface area (Å²) in [5.41, 5.74) is 9.17. The number of aliphatic hydroxyl groups excluding tert-OH is 1. The van der Waals surface area contributed by atoms with Gasteiger partial charge in [-0.3, -0.25) is 4.57 Å². The second kappa shape index (κ2) is 4.66. The molecule has 0 aliphatic carbocycles. The Kier molecular flexibility index (Phi) is 2.85. The molecule has 3 rings (SSSR count). The van der Waals surface area contributed by atoms with E-state index >= 15 is 0 Å². The van der Waals surface area contributed by atoms with Gasteiger partial charge in [0.25, 0.3) is 0 Å². The van der Waals surface area contributed by atoms with E-state index in [4.69, 9.17) is 10.8 Å². The number of benzene rings is 1. The summed E-state index contributed by atoms with van der Waals surface area (Å²) in [6.45, 7) is 0.147. The van der Waals surface area contributed by atoms with Gasteiger partial charge in [0.15, 0.2) is 11.5 Å². The van der Waals surface area contributed by atoms with Gasteiger partial charge in [0, 0.05) is 12.3 Å². The lowest BCUT2D eigenvalue weighted by Crippen LogP contribution is -1.99. The van der Waals surface area contributed by atoms with Crippen LogP contribution in [-0.4, -0.2) is 31.2 Å². The van der Waals surface area contributed by atoms with Gasteiger partial charge in [-0.1, -0.05) is 12.1 Å². The molecule has 0 amide bonds. The summed E-state index contributed by atoms with van der Waals surface area (Å²) in [6.07, 6.45) is 3.73. The molecule has 0 unspecified atom stereocenters. The molecule has 2 aromatic heterocycles. The molecule has 0 aliphatic rings. The predicted octanol–water partition coefficient (Wildman–Crippen LogP) is 0.933. The normalized spacial score (nSPS) is 11.0. The number of aromatic nitrogens is 4. The Hall–Kier alpha value is -2.47. The summed E-state index contributed by atoms with van der Waals surface area (Å²) >= 11 is 0. The molecule has 0 radical (unpaired) electrons. The van der Waals surface area contributed by atoms with Crippen molar-refractivity contribution in [1.29, 1.82) is 0 Å². The molecular weight excluding hydrogens is 242 g/mol. The average Bonchev–Trinajstić information content (AvgIpc) is 2.85. The molecule has 0 aliphatic heterocycles. The molecule has 0 saturated carbocycles. The Morgan fingerprint density at radius 3 is 2.63 bits per heavy atom. The predicted molar refractivity (Wildman–Crippen MR) is 71.9 cm³/mol. The van der Waals surface area contributed by atoms with Crippen LogP contribution in [0.3, 0.4) is 0 Å². The minimum absolute atomic E-state index is 0.147. The average molecular weight is 255 g/mol. The van der Waals surface area contributed by atoms with E-state index in [1.54, 1.807) is 6.33 Å². The number of aliphatic hydroxyl groups is 1. The van der Waals surface area contributed by atoms with Crippen LogP contribution in [0.15, 0.2) is 36.9 Å². The third-order valence-electron chi connectivity index (χ3n) is 2.98. The standard InChI is InChI=1S/C13H13N5O/c14-12-11-13(16-7-15-12)17-8-18(11)10-3-1-9(2-4-10)5-6-19/h1-4,7-8,19H,5-6H2,(H2,14,15,16). The third-order valence-corrected chi connectivity index (χ3v) is 2.98. The molecular formula is C13H13N5O. The van der Waals surface area contributed by atoms with Crippen molar-refractivity contribution in [2.45, 2.75) is 6.42 Å². The smallest absolute Gasteiger partial charge is 0.183 e. The highest BCUT2D eigenvalue weighted by atomic mass is 16.2. The first kappa shape index (κ1) is 11.6. The van der Waals surface area contributed by atoms with Crippen molar-refractivity contribution in [2.24, 2.45) is 0 Å². The van der Waals surface area contributed by atoms with E-state index in [0.717, 1.165) is 11.3 Å². The molecule has 6 nitrogen and oxygen atoms in total. The highest BCUT2D eigenvalue weighted by molar-refractivity contribution is 5.83. The molecule has 0 fully saturated rings. The van der Waals surface area contributed by atoms with Crippen molar-refractivity contribution in [3.63, 3.8) is 0 Å². The number of imidazole rings is 1. The van der Waals surface area contributed by atoms with Crippen LogP contribution in [0.25, 0.3) is 16.9 Å². The lowest BCUT2D eigenvalue weighted by molar-refractivity contribution is 0.299. The highest BCUT2D eigenvalue weighted by Gasteiger charge is 2.09. The molecule has 96 valence electrons. The van der Waals surface area contributed by atoms with Gasteiger partial charge in [-0.25, -0.2) is 15.0 Å². The van der Waals surface area contributed by atoms with E-state index in [-0.39, 0.29) is 6.61 Å². The summed E-state index contributed by atoms with van der Waals surface area (Å²) in [5.74, 6) is 0.405. The number of rotatable bonds is 3. The van der Waals surface area contributed by atoms with Gasteiger partial charge in [0.1, 0.15) is 18.2 Å². The van der Waals surface area contributed by atoms with E-state index in [9.17, 15) is 0 Å². The van der Waals surface area contributed by atoms with Gasteiger partial charge in [-0.05, 0) is 24.1 Å². The summed E-state index contributed by atoms with van der Waals surface area (Å²) < 4.78 is 1.85. The van der Waals surface area contributed by atoms with E-state index in [2.05, 4.69) is 15.0 Å². The number of anilines is 1. The van der Waals surface area contributed by atoms with Crippen LogP contribution < -0.4 is 5.73 Å². The maximum atomic E-state index is 8.90. The Morgan fingerprint density at radius 2 is 1.89 bits per heavy atom. The largest absolute Gasteiger partial charge is 0.396 e. The summed E-state index contributed by atoms with van der Waals surface area (Å²) in [5, 5.41) is 8.90. The van der Waals surface area contributed by atoms with Gasteiger partial charge in [-0.15, -0.1) is 0 Å². The van der Waals surface area contributed by atoms with Crippen molar-refractivity contribution < 1.29 is 5.11 Å². The summed E-state index contributed by atoms with van der Waals surface area (Å²) in [4.78, 5) is 12.3. The fourth-order valence-corrected chi connectivity index (χ4v) is 2.03. The number of hydrogen-bond acceptors (Lipinski definition) is 5. The monoisotopic (exact) mass is 255 g/mol. The van der Waals surface area contributed by atoms with E-state index in [0.29, 0.717) is 23.4 Å². The van der Waals surface area contributed by atoms with Gasteiger partial charge in [0.05, 0.1) is 0 Å². The van der Waals surface area contributed by atoms with Crippen LogP contribution in [0.5, 0.6) is 0 Å². The molecule has 0 spiro atoms. The first-order valence-electron chi connectivity index (χ1n) is 5.93. The number of nitrogens with zero attached hydrogens (tertiary/aromatic N) is 4. The first-order valence-corrected chi connectivity index (χ1v) is 5.93. The van der Waals surface area contributed by atoms with Gasteiger partial charge in [0.2, 0.25) is 0 Å². The lowest BCUT2D eigenvalue weighted by Gasteiger charge is -2.06. The molecule has 3 aromatic rings. The van der Waals surface area contributed by atoms with Crippen molar-refractivity contribution in [3.8, 4) is 5.69 Å². The second-order valence-corrected chi connectivity index (χ2v) is 4.19. The molecule has 2 heterocycles. The summed E-state index contributed by atoms with van der Waals surface area (Å²) in [7, 11) is 0. The van der Waals surface area contributed by atoms with Crippen LogP contribution >= 0.6 is 0 Å². The first-order chi connectivity index (χ1) is 9.29. The van der Waals surface area contributed by atoms with E-state index in [1.807, 2.05) is 28.8 Å². The number of fused-ring (bicyclic) bond motifs is 1. The van der Waals surface area contributed by atoms with Crippen LogP contribution in [0.1, 0.15) is 5.56 Å². The fraction of sp³-hybridized carbons (Fsp3) is 0.154. The van der Waals surface area contributed by atoms with Crippen molar-refractivity contribution in [3.05, 3.63) is 42.5 Å². The molecule has 1 aromatic carbocycles. The SMILES string of the molecule is Nc1ncnc2ncn(-c3ccc(CCO)cc3)c12. The van der Waals surface area contributed by atoms with Crippen LogP contribution in [0, 0.1) is 0 Å². The molecule has 3 N–H and O–H groups in total. The van der Waals surface area contributed by atoms with Crippen LogP contribution in [-0.2, 0) is 6.42 Å². The maximum absolute atomic E-state index is 8.90. The Morgan fingerprint density at radius 1 is 1.11 bits per heavy atom. The minimum Gasteiger partial charge on any atom is -0.396 e. The lowest BCUT2D eigenvalue weighted by atomic mass is 10.1. The zero-order valence-electron chi connectivity index (χ0n) is 10.2. The minimum atomic E-state index is 0.147. The third kappa shape index (κ3) is 2.02. The molecule has 0 atom stereocenters. The topological polar surface area (TPSA) is 89.9 Å². The van der Waals surface area contributed by atoms with Crippen molar-refractivity contribution in [2.75, 3.05) is 12.3 Å². The fourth-order valence-electron chi connectivity index (χ4n) is 2.03. The maximum Gasteiger partial charge on any atom is 0.183 e. The van der Waals surface area contributed by atoms with Crippen LogP contribution in [0.4, 0.5) is 5.82 Å². The molecule has 0 bridgehead atoms. The zero-order chi connectivity index (χ0) is 13.2. The number of hydrogen-bond donors (Lipinski definition) is 2. The van der Waals surface area contributed by atoms with Crippen molar-refractivity contribution in [1.82, 2.24) is 19.5 Å². The van der Waals surface area contributed by atoms with Gasteiger partial charge >= 0.3 is 0 Å². The summed E-state index contributed by atoms with van der Waals surface area (Å²) in [6, 6.07) is 7.85. The van der Waals surface area contributed by atoms with Gasteiger partial charge in [-0.2, -0.15) is 0 Å².